The monoisotopic (exact) mass is 297 g/mol. The van der Waals surface area contributed by atoms with Gasteiger partial charge in [0.15, 0.2) is 5.13 Å². The number of benzene rings is 1. The van der Waals surface area contributed by atoms with Crippen molar-refractivity contribution in [1.82, 2.24) is 9.97 Å². The number of nitrogens with one attached hydrogen (secondary N) is 1. The molecule has 4 heteroatoms. The van der Waals surface area contributed by atoms with Crippen LogP contribution in [0, 0.1) is 20.8 Å². The summed E-state index contributed by atoms with van der Waals surface area (Å²) in [5.41, 5.74) is 6.79. The largest absolute Gasteiger partial charge is 0.362 e. The summed E-state index contributed by atoms with van der Waals surface area (Å²) in [6.07, 6.45) is 0. The first-order valence-electron chi connectivity index (χ1n) is 7.17. The summed E-state index contributed by atoms with van der Waals surface area (Å²) in [7, 11) is 0. The van der Waals surface area contributed by atoms with Gasteiger partial charge in [0.2, 0.25) is 0 Å². The molecule has 1 aromatic carbocycles. The minimum atomic E-state index is 0.890. The van der Waals surface area contributed by atoms with Crippen LogP contribution in [0.4, 0.5) is 5.13 Å². The van der Waals surface area contributed by atoms with Gasteiger partial charge in [-0.05, 0) is 51.0 Å². The highest BCUT2D eigenvalue weighted by atomic mass is 32.1. The fraction of sp³-hybridized carbons (Fsp3) is 0.294. The second-order valence-corrected chi connectivity index (χ2v) is 6.21. The Hall–Kier alpha value is -1.94. The molecule has 0 aliphatic carbocycles. The number of thiazole rings is 1. The van der Waals surface area contributed by atoms with Crippen LogP contribution in [0.2, 0.25) is 0 Å². The van der Waals surface area contributed by atoms with Gasteiger partial charge < -0.3 is 5.32 Å². The first kappa shape index (κ1) is 14.0. The third-order valence-electron chi connectivity index (χ3n) is 3.49. The van der Waals surface area contributed by atoms with Crippen molar-refractivity contribution in [1.29, 1.82) is 0 Å². The lowest BCUT2D eigenvalue weighted by Gasteiger charge is -2.10. The van der Waals surface area contributed by atoms with Crippen LogP contribution >= 0.6 is 11.3 Å². The van der Waals surface area contributed by atoms with Gasteiger partial charge in [0.1, 0.15) is 0 Å². The molecule has 0 aliphatic heterocycles. The lowest BCUT2D eigenvalue weighted by molar-refractivity contribution is 1.19. The van der Waals surface area contributed by atoms with Crippen LogP contribution in [-0.2, 0) is 0 Å². The number of rotatable bonds is 3. The van der Waals surface area contributed by atoms with Gasteiger partial charge in [-0.25, -0.2) is 4.98 Å². The van der Waals surface area contributed by atoms with E-state index in [1.54, 1.807) is 11.3 Å². The highest BCUT2D eigenvalue weighted by Gasteiger charge is 2.12. The summed E-state index contributed by atoms with van der Waals surface area (Å²) in [6, 6.07) is 6.49. The van der Waals surface area contributed by atoms with E-state index < -0.39 is 0 Å². The van der Waals surface area contributed by atoms with E-state index in [2.05, 4.69) is 54.7 Å². The predicted molar refractivity (Wildman–Crippen MR) is 91.2 cm³/mol. The molecule has 0 spiro atoms. The Kier molecular flexibility index (Phi) is 3.64. The molecule has 0 atom stereocenters. The first-order valence-corrected chi connectivity index (χ1v) is 8.05. The van der Waals surface area contributed by atoms with E-state index in [1.165, 1.54) is 22.1 Å². The third-order valence-corrected chi connectivity index (χ3v) is 4.29. The quantitative estimate of drug-likeness (QED) is 0.760. The summed E-state index contributed by atoms with van der Waals surface area (Å²) < 4.78 is 0. The average Bonchev–Trinajstić information content (AvgIpc) is 2.85. The molecule has 3 rings (SSSR count). The van der Waals surface area contributed by atoms with Crippen molar-refractivity contribution in [3.8, 4) is 11.3 Å². The van der Waals surface area contributed by atoms with Crippen molar-refractivity contribution in [2.24, 2.45) is 0 Å². The fourth-order valence-electron chi connectivity index (χ4n) is 2.72. The van der Waals surface area contributed by atoms with E-state index in [9.17, 15) is 0 Å². The Labute approximate surface area is 129 Å². The molecule has 0 amide bonds. The Morgan fingerprint density at radius 3 is 2.67 bits per heavy atom. The smallest absolute Gasteiger partial charge is 0.183 e. The van der Waals surface area contributed by atoms with Crippen LogP contribution in [-0.4, -0.2) is 16.5 Å². The second-order valence-electron chi connectivity index (χ2n) is 5.36. The molecule has 0 bridgehead atoms. The van der Waals surface area contributed by atoms with Gasteiger partial charge in [0.05, 0.1) is 11.2 Å². The molecule has 3 nitrogen and oxygen atoms in total. The number of anilines is 1. The van der Waals surface area contributed by atoms with Crippen LogP contribution in [0.15, 0.2) is 23.6 Å². The number of nitrogens with zero attached hydrogens (tertiary/aromatic N) is 2. The van der Waals surface area contributed by atoms with Gasteiger partial charge >= 0.3 is 0 Å². The average molecular weight is 297 g/mol. The summed E-state index contributed by atoms with van der Waals surface area (Å²) in [5, 5.41) is 7.57. The molecule has 2 heterocycles. The molecule has 21 heavy (non-hydrogen) atoms. The Bertz CT molecular complexity index is 800. The molecule has 108 valence electrons. The van der Waals surface area contributed by atoms with E-state index in [4.69, 9.17) is 4.98 Å². The molecule has 0 radical (unpaired) electrons. The van der Waals surface area contributed by atoms with Gasteiger partial charge in [-0.3, -0.25) is 4.98 Å². The van der Waals surface area contributed by atoms with Crippen LogP contribution in [0.5, 0.6) is 0 Å². The second kappa shape index (κ2) is 5.45. The van der Waals surface area contributed by atoms with Crippen molar-refractivity contribution in [2.45, 2.75) is 27.7 Å². The van der Waals surface area contributed by atoms with E-state index in [0.29, 0.717) is 0 Å². The zero-order valence-electron chi connectivity index (χ0n) is 12.8. The molecule has 0 saturated carbocycles. The Balaban J connectivity index is 2.25. The highest BCUT2D eigenvalue weighted by Crippen LogP contribution is 2.33. The maximum atomic E-state index is 4.70. The lowest BCUT2D eigenvalue weighted by atomic mass is 9.99. The zero-order valence-corrected chi connectivity index (χ0v) is 13.6. The topological polar surface area (TPSA) is 37.8 Å². The summed E-state index contributed by atoms with van der Waals surface area (Å²) in [5.74, 6) is 0. The minimum Gasteiger partial charge on any atom is -0.362 e. The maximum Gasteiger partial charge on any atom is 0.183 e. The number of fused-ring (bicyclic) bond motifs is 1. The predicted octanol–water partition coefficient (Wildman–Crippen LogP) is 4.72. The lowest BCUT2D eigenvalue weighted by Crippen LogP contribution is -1.96. The Morgan fingerprint density at radius 2 is 1.90 bits per heavy atom. The third kappa shape index (κ3) is 2.63. The van der Waals surface area contributed by atoms with Crippen molar-refractivity contribution < 1.29 is 0 Å². The Morgan fingerprint density at radius 1 is 1.10 bits per heavy atom. The van der Waals surface area contributed by atoms with E-state index in [0.717, 1.165) is 28.6 Å². The standard InChI is InChI=1S/C17H19N3S/c1-5-18-17-20-15(9-21-17)13-8-12(4)19-14-7-10(2)6-11(3)16(13)14/h6-9H,5H2,1-4H3,(H,18,20). The van der Waals surface area contributed by atoms with Gasteiger partial charge in [-0.1, -0.05) is 6.07 Å². The molecule has 0 fully saturated rings. The minimum absolute atomic E-state index is 0.890. The molecule has 0 aliphatic rings. The van der Waals surface area contributed by atoms with Gasteiger partial charge in [0.25, 0.3) is 0 Å². The molecule has 0 unspecified atom stereocenters. The molecule has 1 N–H and O–H groups in total. The van der Waals surface area contributed by atoms with Crippen LogP contribution in [0.3, 0.4) is 0 Å². The zero-order chi connectivity index (χ0) is 15.0. The fourth-order valence-corrected chi connectivity index (χ4v) is 3.50. The number of hydrogen-bond acceptors (Lipinski definition) is 4. The molecular weight excluding hydrogens is 278 g/mol. The van der Waals surface area contributed by atoms with E-state index >= 15 is 0 Å². The van der Waals surface area contributed by atoms with Crippen molar-refractivity contribution in [3.05, 3.63) is 40.4 Å². The SMILES string of the molecule is CCNc1nc(-c2cc(C)nc3cc(C)cc(C)c23)cs1. The van der Waals surface area contributed by atoms with Crippen molar-refractivity contribution in [3.63, 3.8) is 0 Å². The van der Waals surface area contributed by atoms with Crippen LogP contribution in [0.1, 0.15) is 23.7 Å². The molecule has 3 aromatic rings. The maximum absolute atomic E-state index is 4.70. The van der Waals surface area contributed by atoms with Gasteiger partial charge in [-0.2, -0.15) is 0 Å². The van der Waals surface area contributed by atoms with Gasteiger partial charge in [-0.15, -0.1) is 11.3 Å². The van der Waals surface area contributed by atoms with Gasteiger partial charge in [0, 0.05) is 28.6 Å². The summed E-state index contributed by atoms with van der Waals surface area (Å²) in [6.45, 7) is 9.27. The molecule has 2 aromatic heterocycles. The summed E-state index contributed by atoms with van der Waals surface area (Å²) >= 11 is 1.65. The highest BCUT2D eigenvalue weighted by molar-refractivity contribution is 7.14. The van der Waals surface area contributed by atoms with E-state index in [1.807, 2.05) is 6.92 Å². The van der Waals surface area contributed by atoms with Crippen LogP contribution in [0.25, 0.3) is 22.2 Å². The van der Waals surface area contributed by atoms with Crippen molar-refractivity contribution >= 4 is 27.4 Å². The number of hydrogen-bond donors (Lipinski definition) is 1. The number of aromatic nitrogens is 2. The summed E-state index contributed by atoms with van der Waals surface area (Å²) in [4.78, 5) is 9.39. The molecule has 0 saturated heterocycles. The number of pyridine rings is 1. The first-order chi connectivity index (χ1) is 10.1. The molecular formula is C17H19N3S. The van der Waals surface area contributed by atoms with Crippen molar-refractivity contribution in [2.75, 3.05) is 11.9 Å². The van der Waals surface area contributed by atoms with E-state index in [-0.39, 0.29) is 0 Å². The number of aryl methyl sites for hydroxylation is 3. The normalized spacial score (nSPS) is 11.0. The van der Waals surface area contributed by atoms with Crippen LogP contribution < -0.4 is 5.32 Å².